The SMILES string of the molecule is Cc1cc(C)n(-c2ccc(NC(=O)C(C)OCc3ccccc3)cn2)n1. The smallest absolute Gasteiger partial charge is 0.253 e. The van der Waals surface area contributed by atoms with Gasteiger partial charge in [0.1, 0.15) is 6.10 Å². The van der Waals surface area contributed by atoms with Gasteiger partial charge >= 0.3 is 0 Å². The van der Waals surface area contributed by atoms with E-state index in [4.69, 9.17) is 4.74 Å². The second kappa shape index (κ2) is 7.93. The van der Waals surface area contributed by atoms with Crippen LogP contribution in [0.25, 0.3) is 5.82 Å². The molecule has 6 heteroatoms. The predicted octanol–water partition coefficient (Wildman–Crippen LogP) is 3.43. The molecule has 1 aromatic carbocycles. The fraction of sp³-hybridized carbons (Fsp3) is 0.250. The van der Waals surface area contributed by atoms with Crippen molar-refractivity contribution in [2.75, 3.05) is 5.32 Å². The van der Waals surface area contributed by atoms with Crippen molar-refractivity contribution in [3.8, 4) is 5.82 Å². The number of hydrogen-bond donors (Lipinski definition) is 1. The van der Waals surface area contributed by atoms with Crippen LogP contribution in [0.5, 0.6) is 0 Å². The summed E-state index contributed by atoms with van der Waals surface area (Å²) in [6, 6.07) is 15.4. The van der Waals surface area contributed by atoms with E-state index in [1.54, 1.807) is 23.9 Å². The van der Waals surface area contributed by atoms with Gasteiger partial charge in [-0.15, -0.1) is 0 Å². The van der Waals surface area contributed by atoms with E-state index >= 15 is 0 Å². The number of hydrogen-bond acceptors (Lipinski definition) is 4. The summed E-state index contributed by atoms with van der Waals surface area (Å²) in [4.78, 5) is 16.6. The third-order valence-corrected chi connectivity index (χ3v) is 3.95. The molecule has 0 spiro atoms. The lowest BCUT2D eigenvalue weighted by molar-refractivity contribution is -0.127. The molecule has 26 heavy (non-hydrogen) atoms. The third-order valence-electron chi connectivity index (χ3n) is 3.95. The van der Waals surface area contributed by atoms with Crippen LogP contribution in [0.1, 0.15) is 23.9 Å². The Morgan fingerprint density at radius 3 is 2.58 bits per heavy atom. The summed E-state index contributed by atoms with van der Waals surface area (Å²) in [5, 5.41) is 7.22. The Bertz CT molecular complexity index is 873. The zero-order chi connectivity index (χ0) is 18.5. The number of pyridine rings is 1. The zero-order valence-corrected chi connectivity index (χ0v) is 15.1. The van der Waals surface area contributed by atoms with Gasteiger partial charge in [0.2, 0.25) is 0 Å². The molecule has 0 fully saturated rings. The summed E-state index contributed by atoms with van der Waals surface area (Å²) in [5.74, 6) is 0.503. The largest absolute Gasteiger partial charge is 0.364 e. The Hall–Kier alpha value is -2.99. The van der Waals surface area contributed by atoms with Gasteiger partial charge in [-0.1, -0.05) is 30.3 Å². The maximum absolute atomic E-state index is 12.3. The average molecular weight is 350 g/mol. The maximum Gasteiger partial charge on any atom is 0.253 e. The molecular weight excluding hydrogens is 328 g/mol. The average Bonchev–Trinajstić information content (AvgIpc) is 2.99. The zero-order valence-electron chi connectivity index (χ0n) is 15.1. The van der Waals surface area contributed by atoms with Crippen LogP contribution in [0, 0.1) is 13.8 Å². The van der Waals surface area contributed by atoms with Crippen molar-refractivity contribution in [2.24, 2.45) is 0 Å². The molecule has 6 nitrogen and oxygen atoms in total. The van der Waals surface area contributed by atoms with E-state index in [1.165, 1.54) is 0 Å². The molecule has 1 unspecified atom stereocenters. The van der Waals surface area contributed by atoms with E-state index in [0.29, 0.717) is 18.1 Å². The van der Waals surface area contributed by atoms with Gasteiger partial charge in [-0.05, 0) is 44.5 Å². The van der Waals surface area contributed by atoms with E-state index in [1.807, 2.05) is 56.3 Å². The summed E-state index contributed by atoms with van der Waals surface area (Å²) >= 11 is 0. The number of carbonyl (C=O) groups is 1. The summed E-state index contributed by atoms with van der Waals surface area (Å²) in [6.45, 7) is 6.04. The van der Waals surface area contributed by atoms with Gasteiger partial charge < -0.3 is 10.1 Å². The highest BCUT2D eigenvalue weighted by Gasteiger charge is 2.14. The van der Waals surface area contributed by atoms with Crippen LogP contribution in [-0.2, 0) is 16.1 Å². The molecule has 0 bridgehead atoms. The summed E-state index contributed by atoms with van der Waals surface area (Å²) in [6.07, 6.45) is 1.05. The Morgan fingerprint density at radius 1 is 1.19 bits per heavy atom. The van der Waals surface area contributed by atoms with Crippen molar-refractivity contribution in [1.82, 2.24) is 14.8 Å². The number of nitrogens with zero attached hydrogens (tertiary/aromatic N) is 3. The summed E-state index contributed by atoms with van der Waals surface area (Å²) < 4.78 is 7.40. The molecule has 1 atom stereocenters. The Morgan fingerprint density at radius 2 is 1.96 bits per heavy atom. The Labute approximate surface area is 152 Å². The molecule has 0 saturated heterocycles. The fourth-order valence-corrected chi connectivity index (χ4v) is 2.56. The molecule has 1 N–H and O–H groups in total. The first-order valence-corrected chi connectivity index (χ1v) is 8.49. The van der Waals surface area contributed by atoms with Gasteiger partial charge in [0.05, 0.1) is 24.2 Å². The molecule has 1 amide bonds. The topological polar surface area (TPSA) is 69.0 Å². The van der Waals surface area contributed by atoms with E-state index in [-0.39, 0.29) is 5.91 Å². The standard InChI is InChI=1S/C20H22N4O2/c1-14-11-15(2)24(23-14)19-10-9-18(12-21-19)22-20(25)16(3)26-13-17-7-5-4-6-8-17/h4-12,16H,13H2,1-3H3,(H,22,25). The van der Waals surface area contributed by atoms with Crippen molar-refractivity contribution in [3.05, 3.63) is 71.7 Å². The van der Waals surface area contributed by atoms with E-state index in [2.05, 4.69) is 15.4 Å². The number of aryl methyl sites for hydroxylation is 2. The summed E-state index contributed by atoms with van der Waals surface area (Å²) in [7, 11) is 0. The first-order valence-electron chi connectivity index (χ1n) is 8.49. The minimum Gasteiger partial charge on any atom is -0.364 e. The number of amides is 1. The fourth-order valence-electron chi connectivity index (χ4n) is 2.56. The van der Waals surface area contributed by atoms with E-state index < -0.39 is 6.10 Å². The quantitative estimate of drug-likeness (QED) is 0.739. The van der Waals surface area contributed by atoms with Crippen molar-refractivity contribution >= 4 is 11.6 Å². The maximum atomic E-state index is 12.3. The van der Waals surface area contributed by atoms with E-state index in [9.17, 15) is 4.79 Å². The van der Waals surface area contributed by atoms with Gasteiger partial charge in [-0.25, -0.2) is 9.67 Å². The van der Waals surface area contributed by atoms with Crippen LogP contribution in [0.3, 0.4) is 0 Å². The van der Waals surface area contributed by atoms with Crippen molar-refractivity contribution in [3.63, 3.8) is 0 Å². The third kappa shape index (κ3) is 4.34. The second-order valence-corrected chi connectivity index (χ2v) is 6.17. The second-order valence-electron chi connectivity index (χ2n) is 6.17. The number of rotatable bonds is 6. The highest BCUT2D eigenvalue weighted by molar-refractivity contribution is 5.93. The highest BCUT2D eigenvalue weighted by atomic mass is 16.5. The minimum absolute atomic E-state index is 0.207. The molecule has 0 saturated carbocycles. The number of aromatic nitrogens is 3. The van der Waals surface area contributed by atoms with Crippen LogP contribution in [0.4, 0.5) is 5.69 Å². The monoisotopic (exact) mass is 350 g/mol. The molecule has 0 radical (unpaired) electrons. The molecular formula is C20H22N4O2. The lowest BCUT2D eigenvalue weighted by Gasteiger charge is -2.13. The van der Waals surface area contributed by atoms with Crippen LogP contribution < -0.4 is 5.32 Å². The molecule has 0 aliphatic heterocycles. The van der Waals surface area contributed by atoms with Crippen LogP contribution in [-0.4, -0.2) is 26.8 Å². The number of anilines is 1. The Balaban J connectivity index is 1.58. The highest BCUT2D eigenvalue weighted by Crippen LogP contribution is 2.13. The first-order chi connectivity index (χ1) is 12.5. The van der Waals surface area contributed by atoms with Gasteiger partial charge in [0.15, 0.2) is 5.82 Å². The molecule has 0 aliphatic rings. The number of nitrogens with one attached hydrogen (secondary N) is 1. The van der Waals surface area contributed by atoms with Crippen LogP contribution >= 0.6 is 0 Å². The molecule has 3 aromatic rings. The predicted molar refractivity (Wildman–Crippen MR) is 100 cm³/mol. The molecule has 3 rings (SSSR count). The molecule has 2 aromatic heterocycles. The molecule has 0 aliphatic carbocycles. The lowest BCUT2D eigenvalue weighted by atomic mass is 10.2. The molecule has 134 valence electrons. The molecule has 2 heterocycles. The number of carbonyl (C=O) groups excluding carboxylic acids is 1. The summed E-state index contributed by atoms with van der Waals surface area (Å²) in [5.41, 5.74) is 3.60. The van der Waals surface area contributed by atoms with Crippen molar-refractivity contribution in [2.45, 2.75) is 33.5 Å². The Kier molecular flexibility index (Phi) is 5.43. The lowest BCUT2D eigenvalue weighted by Crippen LogP contribution is -2.27. The van der Waals surface area contributed by atoms with Crippen molar-refractivity contribution < 1.29 is 9.53 Å². The van der Waals surface area contributed by atoms with Gasteiger partial charge in [0, 0.05) is 5.69 Å². The van der Waals surface area contributed by atoms with Gasteiger partial charge in [0.25, 0.3) is 5.91 Å². The van der Waals surface area contributed by atoms with E-state index in [0.717, 1.165) is 17.0 Å². The minimum atomic E-state index is -0.564. The number of ether oxygens (including phenoxy) is 1. The van der Waals surface area contributed by atoms with Crippen molar-refractivity contribution in [1.29, 1.82) is 0 Å². The first kappa shape index (κ1) is 17.8. The normalized spacial score (nSPS) is 12.0. The van der Waals surface area contributed by atoms with Crippen LogP contribution in [0.2, 0.25) is 0 Å². The number of benzene rings is 1. The van der Waals surface area contributed by atoms with Gasteiger partial charge in [-0.3, -0.25) is 4.79 Å². The van der Waals surface area contributed by atoms with Gasteiger partial charge in [-0.2, -0.15) is 5.10 Å². The van der Waals surface area contributed by atoms with Crippen LogP contribution in [0.15, 0.2) is 54.7 Å².